The summed E-state index contributed by atoms with van der Waals surface area (Å²) in [5.74, 6) is -2.97. The first kappa shape index (κ1) is 16.7. The molecule has 1 aromatic carbocycles. The molecule has 0 atom stereocenters. The first-order valence-corrected chi connectivity index (χ1v) is 7.61. The highest BCUT2D eigenvalue weighted by Gasteiger charge is 2.27. The molecule has 0 saturated heterocycles. The predicted molar refractivity (Wildman–Crippen MR) is 79.6 cm³/mol. The number of hydrogen-bond acceptors (Lipinski definition) is 2. The van der Waals surface area contributed by atoms with Crippen LogP contribution in [0.1, 0.15) is 25.7 Å². The van der Waals surface area contributed by atoms with Crippen LogP contribution in [-0.2, 0) is 4.79 Å². The fraction of sp³-hybridized carbons (Fsp3) is 0.429. The number of urea groups is 1. The van der Waals surface area contributed by atoms with Crippen LogP contribution in [0.25, 0.3) is 0 Å². The summed E-state index contributed by atoms with van der Waals surface area (Å²) in [5.41, 5.74) is -0.514. The van der Waals surface area contributed by atoms with Crippen LogP contribution in [0.15, 0.2) is 16.6 Å². The third-order valence-corrected chi connectivity index (χ3v) is 4.11. The second-order valence-electron chi connectivity index (χ2n) is 5.23. The lowest BCUT2D eigenvalue weighted by atomic mass is 9.86. The summed E-state index contributed by atoms with van der Waals surface area (Å²) in [5, 5.41) is 13.7. The maximum absolute atomic E-state index is 13.6. The van der Waals surface area contributed by atoms with Gasteiger partial charge in [0.15, 0.2) is 11.6 Å². The minimum atomic E-state index is -0.878. The van der Waals surface area contributed by atoms with Crippen molar-refractivity contribution in [3.63, 3.8) is 0 Å². The van der Waals surface area contributed by atoms with Gasteiger partial charge in [0.2, 0.25) is 0 Å². The third-order valence-electron chi connectivity index (χ3n) is 3.66. The number of carboxylic acid groups (broad SMARTS) is 1. The van der Waals surface area contributed by atoms with E-state index in [-0.39, 0.29) is 16.4 Å². The van der Waals surface area contributed by atoms with Gasteiger partial charge in [-0.3, -0.25) is 4.79 Å². The van der Waals surface area contributed by atoms with E-state index in [1.807, 2.05) is 0 Å². The lowest BCUT2D eigenvalue weighted by Crippen LogP contribution is -2.41. The van der Waals surface area contributed by atoms with Crippen molar-refractivity contribution in [1.29, 1.82) is 0 Å². The van der Waals surface area contributed by atoms with Crippen molar-refractivity contribution < 1.29 is 23.5 Å². The number of amides is 2. The van der Waals surface area contributed by atoms with E-state index in [0.717, 1.165) is 12.1 Å². The average Bonchev–Trinajstić information content (AvgIpc) is 2.43. The van der Waals surface area contributed by atoms with E-state index < -0.39 is 29.3 Å². The topological polar surface area (TPSA) is 78.4 Å². The predicted octanol–water partition coefficient (Wildman–Crippen LogP) is 3.49. The van der Waals surface area contributed by atoms with Crippen molar-refractivity contribution in [3.05, 3.63) is 28.2 Å². The van der Waals surface area contributed by atoms with E-state index in [2.05, 4.69) is 26.6 Å². The van der Waals surface area contributed by atoms with Crippen molar-refractivity contribution >= 4 is 33.6 Å². The van der Waals surface area contributed by atoms with E-state index in [4.69, 9.17) is 5.11 Å². The summed E-state index contributed by atoms with van der Waals surface area (Å²) in [6.07, 6.45) is 1.99. The van der Waals surface area contributed by atoms with Gasteiger partial charge in [0.1, 0.15) is 5.69 Å². The molecule has 0 bridgehead atoms. The van der Waals surface area contributed by atoms with Gasteiger partial charge >= 0.3 is 12.0 Å². The number of halogens is 3. The lowest BCUT2D eigenvalue weighted by molar-refractivity contribution is -0.142. The maximum atomic E-state index is 13.6. The van der Waals surface area contributed by atoms with Gasteiger partial charge in [-0.2, -0.15) is 0 Å². The molecule has 2 rings (SSSR count). The monoisotopic (exact) mass is 376 g/mol. The molecule has 0 radical (unpaired) electrons. The molecule has 0 heterocycles. The number of benzene rings is 1. The van der Waals surface area contributed by atoms with Crippen LogP contribution in [-0.4, -0.2) is 23.1 Å². The summed E-state index contributed by atoms with van der Waals surface area (Å²) in [7, 11) is 0. The van der Waals surface area contributed by atoms with Gasteiger partial charge in [-0.15, -0.1) is 0 Å². The fourth-order valence-corrected chi connectivity index (χ4v) is 2.88. The third kappa shape index (κ3) is 4.16. The zero-order valence-electron chi connectivity index (χ0n) is 11.5. The van der Waals surface area contributed by atoms with E-state index in [1.54, 1.807) is 0 Å². The average molecular weight is 377 g/mol. The van der Waals surface area contributed by atoms with E-state index in [1.165, 1.54) is 0 Å². The van der Waals surface area contributed by atoms with Crippen LogP contribution in [0.5, 0.6) is 0 Å². The summed E-state index contributed by atoms with van der Waals surface area (Å²) >= 11 is 2.95. The molecule has 3 N–H and O–H groups in total. The fourth-order valence-electron chi connectivity index (χ4n) is 2.48. The Kier molecular flexibility index (Phi) is 5.33. The minimum absolute atomic E-state index is 0.197. The summed E-state index contributed by atoms with van der Waals surface area (Å²) in [6.45, 7) is 0. The van der Waals surface area contributed by atoms with Crippen LogP contribution in [0.3, 0.4) is 0 Å². The van der Waals surface area contributed by atoms with Crippen LogP contribution < -0.4 is 10.6 Å². The minimum Gasteiger partial charge on any atom is -0.481 e. The largest absolute Gasteiger partial charge is 0.481 e. The van der Waals surface area contributed by atoms with Gasteiger partial charge < -0.3 is 15.7 Å². The highest BCUT2D eigenvalue weighted by molar-refractivity contribution is 9.10. The molecule has 0 aromatic heterocycles. The highest BCUT2D eigenvalue weighted by atomic mass is 79.9. The standard InChI is InChI=1S/C14H15BrF2N2O3/c15-8-5-10(16)12(11(17)6-8)19-14(22)18-9-3-1-7(2-4-9)13(20)21/h5-7,9H,1-4H2,(H,20,21)(H2,18,19,22). The number of anilines is 1. The summed E-state index contributed by atoms with van der Waals surface area (Å²) in [6, 6.07) is 1.20. The molecular weight excluding hydrogens is 362 g/mol. The van der Waals surface area contributed by atoms with Crippen molar-refractivity contribution in [2.24, 2.45) is 5.92 Å². The molecular formula is C14H15BrF2N2O3. The van der Waals surface area contributed by atoms with Gasteiger partial charge in [-0.05, 0) is 37.8 Å². The summed E-state index contributed by atoms with van der Waals surface area (Å²) < 4.78 is 27.5. The molecule has 1 aliphatic carbocycles. The number of nitrogens with one attached hydrogen (secondary N) is 2. The van der Waals surface area contributed by atoms with E-state index >= 15 is 0 Å². The Bertz CT molecular complexity index is 566. The van der Waals surface area contributed by atoms with Gasteiger partial charge in [-0.25, -0.2) is 13.6 Å². The molecule has 8 heteroatoms. The molecule has 0 spiro atoms. The van der Waals surface area contributed by atoms with Crippen LogP contribution in [0, 0.1) is 17.6 Å². The molecule has 5 nitrogen and oxygen atoms in total. The van der Waals surface area contributed by atoms with E-state index in [9.17, 15) is 18.4 Å². The second kappa shape index (κ2) is 7.04. The number of rotatable bonds is 3. The van der Waals surface area contributed by atoms with Crippen molar-refractivity contribution in [2.45, 2.75) is 31.7 Å². The zero-order valence-corrected chi connectivity index (χ0v) is 13.1. The number of aliphatic carboxylic acids is 1. The second-order valence-corrected chi connectivity index (χ2v) is 6.15. The lowest BCUT2D eigenvalue weighted by Gasteiger charge is -2.26. The Morgan fingerprint density at radius 1 is 1.14 bits per heavy atom. The molecule has 0 unspecified atom stereocenters. The number of carbonyl (C=O) groups excluding carboxylic acids is 1. The molecule has 1 aromatic rings. The van der Waals surface area contributed by atoms with Gasteiger partial charge in [0.25, 0.3) is 0 Å². The molecule has 120 valence electrons. The van der Waals surface area contributed by atoms with Crippen molar-refractivity contribution in [3.8, 4) is 0 Å². The Balaban J connectivity index is 1.90. The molecule has 0 aliphatic heterocycles. The normalized spacial score (nSPS) is 21.2. The highest BCUT2D eigenvalue weighted by Crippen LogP contribution is 2.26. The van der Waals surface area contributed by atoms with Crippen molar-refractivity contribution in [1.82, 2.24) is 5.32 Å². The summed E-state index contributed by atoms with van der Waals surface area (Å²) in [4.78, 5) is 22.6. The quantitative estimate of drug-likeness (QED) is 0.755. The Morgan fingerprint density at radius 2 is 1.68 bits per heavy atom. The first-order chi connectivity index (χ1) is 10.4. The smallest absolute Gasteiger partial charge is 0.319 e. The number of carbonyl (C=O) groups is 2. The van der Waals surface area contributed by atoms with E-state index in [0.29, 0.717) is 25.7 Å². The Morgan fingerprint density at radius 3 is 2.18 bits per heavy atom. The van der Waals surface area contributed by atoms with Gasteiger partial charge in [-0.1, -0.05) is 15.9 Å². The number of carboxylic acids is 1. The SMILES string of the molecule is O=C(Nc1c(F)cc(Br)cc1F)NC1CCC(C(=O)O)CC1. The van der Waals surface area contributed by atoms with Crippen LogP contribution in [0.2, 0.25) is 0 Å². The molecule has 1 fully saturated rings. The zero-order chi connectivity index (χ0) is 16.3. The Labute approximate surface area is 134 Å². The molecule has 22 heavy (non-hydrogen) atoms. The maximum Gasteiger partial charge on any atom is 0.319 e. The van der Waals surface area contributed by atoms with Gasteiger partial charge in [0, 0.05) is 10.5 Å². The van der Waals surface area contributed by atoms with Crippen LogP contribution in [0.4, 0.5) is 19.3 Å². The van der Waals surface area contributed by atoms with Gasteiger partial charge in [0.05, 0.1) is 5.92 Å². The Hall–Kier alpha value is -1.70. The number of hydrogen-bond donors (Lipinski definition) is 3. The van der Waals surface area contributed by atoms with Crippen LogP contribution >= 0.6 is 15.9 Å². The molecule has 1 aliphatic rings. The molecule has 1 saturated carbocycles. The first-order valence-electron chi connectivity index (χ1n) is 6.81. The molecule has 2 amide bonds. The van der Waals surface area contributed by atoms with Crippen molar-refractivity contribution in [2.75, 3.05) is 5.32 Å².